The van der Waals surface area contributed by atoms with Crippen molar-refractivity contribution in [2.24, 2.45) is 0 Å². The van der Waals surface area contributed by atoms with Crippen molar-refractivity contribution < 1.29 is 4.79 Å². The van der Waals surface area contributed by atoms with Gasteiger partial charge in [0.1, 0.15) is 0 Å². The fourth-order valence-corrected chi connectivity index (χ4v) is 3.00. The van der Waals surface area contributed by atoms with Gasteiger partial charge in [-0.15, -0.1) is 0 Å². The third-order valence-electron chi connectivity index (χ3n) is 4.34. The van der Waals surface area contributed by atoms with Crippen molar-refractivity contribution in [3.8, 4) is 0 Å². The maximum Gasteiger partial charge on any atom is 0.319 e. The zero-order valence-electron chi connectivity index (χ0n) is 13.7. The molecule has 2 aromatic rings. The van der Waals surface area contributed by atoms with E-state index in [1.807, 2.05) is 6.07 Å². The van der Waals surface area contributed by atoms with Crippen LogP contribution in [0.4, 0.5) is 16.2 Å². The summed E-state index contributed by atoms with van der Waals surface area (Å²) in [7, 11) is 0. The molecule has 0 radical (unpaired) electrons. The zero-order valence-corrected chi connectivity index (χ0v) is 13.7. The van der Waals surface area contributed by atoms with Crippen molar-refractivity contribution in [1.82, 2.24) is 10.2 Å². The molecule has 0 atom stereocenters. The lowest BCUT2D eigenvalue weighted by Gasteiger charge is -2.32. The summed E-state index contributed by atoms with van der Waals surface area (Å²) in [5.41, 5.74) is 8.42. The molecular formula is C19H24N4O. The molecule has 0 aliphatic carbocycles. The molecule has 0 saturated carbocycles. The van der Waals surface area contributed by atoms with E-state index in [0.29, 0.717) is 5.69 Å². The number of piperidine rings is 1. The molecule has 0 unspecified atom stereocenters. The normalized spacial score (nSPS) is 15.8. The Labute approximate surface area is 142 Å². The lowest BCUT2D eigenvalue weighted by Crippen LogP contribution is -2.45. The van der Waals surface area contributed by atoms with Crippen molar-refractivity contribution in [2.75, 3.05) is 24.1 Å². The molecule has 2 aromatic carbocycles. The molecule has 1 saturated heterocycles. The van der Waals surface area contributed by atoms with E-state index in [1.54, 1.807) is 24.3 Å². The summed E-state index contributed by atoms with van der Waals surface area (Å²) in [5.74, 6) is 0. The first-order valence-corrected chi connectivity index (χ1v) is 8.38. The molecule has 1 fully saturated rings. The van der Waals surface area contributed by atoms with Gasteiger partial charge in [0.05, 0.1) is 0 Å². The third kappa shape index (κ3) is 4.73. The number of likely N-dealkylation sites (tertiary alicyclic amines) is 1. The standard InChI is InChI=1S/C19H24N4O/c20-16-6-8-17(9-7-16)21-19(24)22-18-10-12-23(13-11-18)14-15-4-2-1-3-5-15/h1-9,18H,10-14,20H2,(H2,21,22,24). The fourth-order valence-electron chi connectivity index (χ4n) is 3.00. The fraction of sp³-hybridized carbons (Fsp3) is 0.316. The van der Waals surface area contributed by atoms with Crippen LogP contribution in [0.1, 0.15) is 18.4 Å². The highest BCUT2D eigenvalue weighted by atomic mass is 16.2. The van der Waals surface area contributed by atoms with Gasteiger partial charge in [0, 0.05) is 37.1 Å². The van der Waals surface area contributed by atoms with Crippen LogP contribution >= 0.6 is 0 Å². The largest absolute Gasteiger partial charge is 0.399 e. The number of nitrogens with zero attached hydrogens (tertiary/aromatic N) is 1. The molecule has 4 N–H and O–H groups in total. The summed E-state index contributed by atoms with van der Waals surface area (Å²) in [5, 5.41) is 5.91. The minimum Gasteiger partial charge on any atom is -0.399 e. The van der Waals surface area contributed by atoms with Crippen LogP contribution in [0.2, 0.25) is 0 Å². The monoisotopic (exact) mass is 324 g/mol. The molecule has 1 heterocycles. The Balaban J connectivity index is 1.41. The van der Waals surface area contributed by atoms with Gasteiger partial charge in [-0.05, 0) is 42.7 Å². The van der Waals surface area contributed by atoms with E-state index in [2.05, 4.69) is 39.8 Å². The number of nitrogens with one attached hydrogen (secondary N) is 2. The van der Waals surface area contributed by atoms with Crippen molar-refractivity contribution in [3.05, 3.63) is 60.2 Å². The van der Waals surface area contributed by atoms with Gasteiger partial charge in [-0.3, -0.25) is 4.90 Å². The number of carbonyl (C=O) groups excluding carboxylic acids is 1. The van der Waals surface area contributed by atoms with Crippen LogP contribution in [0.5, 0.6) is 0 Å². The minimum absolute atomic E-state index is 0.152. The Kier molecular flexibility index (Phi) is 5.33. The molecule has 5 heteroatoms. The summed E-state index contributed by atoms with van der Waals surface area (Å²) < 4.78 is 0. The summed E-state index contributed by atoms with van der Waals surface area (Å²) in [4.78, 5) is 14.5. The predicted molar refractivity (Wildman–Crippen MR) is 97.7 cm³/mol. The van der Waals surface area contributed by atoms with Gasteiger partial charge in [-0.2, -0.15) is 0 Å². The Morgan fingerprint density at radius 3 is 2.38 bits per heavy atom. The Morgan fingerprint density at radius 1 is 1.04 bits per heavy atom. The minimum atomic E-state index is -0.152. The second-order valence-electron chi connectivity index (χ2n) is 6.26. The highest BCUT2D eigenvalue weighted by Crippen LogP contribution is 2.15. The molecule has 2 amide bonds. The number of rotatable bonds is 4. The van der Waals surface area contributed by atoms with E-state index >= 15 is 0 Å². The summed E-state index contributed by atoms with van der Waals surface area (Å²) in [6.45, 7) is 2.98. The average molecular weight is 324 g/mol. The van der Waals surface area contributed by atoms with E-state index < -0.39 is 0 Å². The van der Waals surface area contributed by atoms with Gasteiger partial charge in [0.15, 0.2) is 0 Å². The quantitative estimate of drug-likeness (QED) is 0.757. The van der Waals surface area contributed by atoms with Gasteiger partial charge in [0.25, 0.3) is 0 Å². The van der Waals surface area contributed by atoms with E-state index in [4.69, 9.17) is 5.73 Å². The number of carbonyl (C=O) groups is 1. The van der Waals surface area contributed by atoms with E-state index in [1.165, 1.54) is 5.56 Å². The number of hydrogen-bond acceptors (Lipinski definition) is 3. The second kappa shape index (κ2) is 7.84. The SMILES string of the molecule is Nc1ccc(NC(=O)NC2CCN(Cc3ccccc3)CC2)cc1. The molecule has 1 aliphatic rings. The van der Waals surface area contributed by atoms with Crippen LogP contribution in [-0.2, 0) is 6.54 Å². The molecule has 0 bridgehead atoms. The van der Waals surface area contributed by atoms with Crippen LogP contribution < -0.4 is 16.4 Å². The molecule has 0 spiro atoms. The van der Waals surface area contributed by atoms with Crippen LogP contribution in [0.15, 0.2) is 54.6 Å². The Bertz CT molecular complexity index is 649. The van der Waals surface area contributed by atoms with Gasteiger partial charge in [-0.1, -0.05) is 30.3 Å². The molecule has 0 aromatic heterocycles. The highest BCUT2D eigenvalue weighted by Gasteiger charge is 2.20. The Hall–Kier alpha value is -2.53. The van der Waals surface area contributed by atoms with Gasteiger partial charge < -0.3 is 16.4 Å². The second-order valence-corrected chi connectivity index (χ2v) is 6.26. The first kappa shape index (κ1) is 16.3. The number of urea groups is 1. The summed E-state index contributed by atoms with van der Waals surface area (Å²) >= 11 is 0. The maximum atomic E-state index is 12.1. The molecule has 3 rings (SSSR count). The predicted octanol–water partition coefficient (Wildman–Crippen LogP) is 3.05. The zero-order chi connectivity index (χ0) is 16.8. The van der Waals surface area contributed by atoms with Crippen LogP contribution in [0.3, 0.4) is 0 Å². The van der Waals surface area contributed by atoms with Crippen LogP contribution in [0.25, 0.3) is 0 Å². The van der Waals surface area contributed by atoms with Crippen LogP contribution in [-0.4, -0.2) is 30.1 Å². The van der Waals surface area contributed by atoms with Gasteiger partial charge in [0.2, 0.25) is 0 Å². The summed E-state index contributed by atoms with van der Waals surface area (Å²) in [6, 6.07) is 17.7. The first-order chi connectivity index (χ1) is 11.7. The molecule has 24 heavy (non-hydrogen) atoms. The number of anilines is 2. The Morgan fingerprint density at radius 2 is 1.71 bits per heavy atom. The average Bonchev–Trinajstić information content (AvgIpc) is 2.60. The van der Waals surface area contributed by atoms with Gasteiger partial charge in [-0.25, -0.2) is 4.79 Å². The number of nitrogen functional groups attached to an aromatic ring is 1. The molecule has 126 valence electrons. The smallest absolute Gasteiger partial charge is 0.319 e. The summed E-state index contributed by atoms with van der Waals surface area (Å²) in [6.07, 6.45) is 1.95. The van der Waals surface area contributed by atoms with Crippen molar-refractivity contribution in [3.63, 3.8) is 0 Å². The maximum absolute atomic E-state index is 12.1. The lowest BCUT2D eigenvalue weighted by molar-refractivity contribution is 0.190. The molecular weight excluding hydrogens is 300 g/mol. The van der Waals surface area contributed by atoms with Crippen molar-refractivity contribution in [1.29, 1.82) is 0 Å². The molecule has 5 nitrogen and oxygen atoms in total. The number of benzene rings is 2. The van der Waals surface area contributed by atoms with Crippen molar-refractivity contribution in [2.45, 2.75) is 25.4 Å². The van der Waals surface area contributed by atoms with E-state index in [9.17, 15) is 4.79 Å². The van der Waals surface area contributed by atoms with Crippen molar-refractivity contribution >= 4 is 17.4 Å². The molecule has 1 aliphatic heterocycles. The van der Waals surface area contributed by atoms with Crippen LogP contribution in [0, 0.1) is 0 Å². The van der Waals surface area contributed by atoms with Gasteiger partial charge >= 0.3 is 6.03 Å². The first-order valence-electron chi connectivity index (χ1n) is 8.38. The lowest BCUT2D eigenvalue weighted by atomic mass is 10.0. The number of nitrogens with two attached hydrogens (primary N) is 1. The number of amides is 2. The highest BCUT2D eigenvalue weighted by molar-refractivity contribution is 5.89. The number of hydrogen-bond donors (Lipinski definition) is 3. The topological polar surface area (TPSA) is 70.4 Å². The third-order valence-corrected chi connectivity index (χ3v) is 4.34. The van der Waals surface area contributed by atoms with E-state index in [0.717, 1.165) is 38.2 Å². The van der Waals surface area contributed by atoms with E-state index in [-0.39, 0.29) is 12.1 Å².